The van der Waals surface area contributed by atoms with Crippen molar-refractivity contribution >= 4 is 27.7 Å². The second kappa shape index (κ2) is 21.4. The molecule has 4 fully saturated rings. The number of carbonyl (C=O) groups is 1. The van der Waals surface area contributed by atoms with Crippen molar-refractivity contribution in [3.05, 3.63) is 53.3 Å². The predicted octanol–water partition coefficient (Wildman–Crippen LogP) is 11.9. The number of amides is 1. The van der Waals surface area contributed by atoms with Crippen molar-refractivity contribution in [3.63, 3.8) is 0 Å². The third-order valence-electron chi connectivity index (χ3n) is 13.8. The van der Waals surface area contributed by atoms with Gasteiger partial charge in [0.15, 0.2) is 17.9 Å². The first kappa shape index (κ1) is 51.0. The molecule has 9 nitrogen and oxygen atoms in total. The largest absolute Gasteiger partial charge is 0.490 e. The highest BCUT2D eigenvalue weighted by Gasteiger charge is 2.85. The fraction of sp³-hybridized carbons (Fsp3) is 0.711. The number of ether oxygens (including phenoxy) is 7. The van der Waals surface area contributed by atoms with Crippen molar-refractivity contribution in [2.45, 2.75) is 126 Å². The minimum atomic E-state index is -6.77. The van der Waals surface area contributed by atoms with E-state index >= 15 is 4.39 Å². The van der Waals surface area contributed by atoms with Gasteiger partial charge >= 0.3 is 30.2 Å². The number of aryl methyl sites for hydroxylation is 1. The average molecular weight is 992 g/mol. The SMILES string of the molecule is C[C@]12CC[C@@H]3c4ccc(OCCOc5ccc(OC(=O)N(CCOC6CCCCO6)C6CCSSC6)c(F)c5)cc4CCC3[C@@H]1CC[C@@H]2OCCCOC(C(F)(F)F)(C(F)(F)F)C(F)(F)F. The minimum absolute atomic E-state index is 0.0718. The summed E-state index contributed by atoms with van der Waals surface area (Å²) >= 11 is 0. The van der Waals surface area contributed by atoms with Gasteiger partial charge < -0.3 is 38.1 Å². The van der Waals surface area contributed by atoms with Crippen LogP contribution in [0.4, 0.5) is 48.7 Å². The number of fused-ring (bicyclic) bond motifs is 5. The molecule has 7 rings (SSSR count). The average Bonchev–Trinajstić information content (AvgIpc) is 3.60. The molecule has 0 aromatic heterocycles. The second-order valence-electron chi connectivity index (χ2n) is 17.7. The molecule has 0 N–H and O–H groups in total. The lowest BCUT2D eigenvalue weighted by atomic mass is 9.55. The van der Waals surface area contributed by atoms with Crippen molar-refractivity contribution < 1.29 is 81.9 Å². The molecule has 2 aliphatic heterocycles. The van der Waals surface area contributed by atoms with E-state index in [1.54, 1.807) is 26.5 Å². The van der Waals surface area contributed by atoms with Gasteiger partial charge in [0.05, 0.1) is 19.3 Å². The van der Waals surface area contributed by atoms with Crippen LogP contribution in [0.2, 0.25) is 0 Å². The highest BCUT2D eigenvalue weighted by molar-refractivity contribution is 8.76. The number of benzene rings is 2. The maximum Gasteiger partial charge on any atom is 0.435 e. The highest BCUT2D eigenvalue weighted by Crippen LogP contribution is 2.62. The Morgan fingerprint density at radius 1 is 0.803 bits per heavy atom. The van der Waals surface area contributed by atoms with Gasteiger partial charge in [0.2, 0.25) is 0 Å². The molecule has 3 aliphatic carbocycles. The van der Waals surface area contributed by atoms with Crippen molar-refractivity contribution in [3.8, 4) is 17.2 Å². The van der Waals surface area contributed by atoms with Crippen LogP contribution in [-0.2, 0) is 25.4 Å². The normalized spacial score (nSPS) is 27.1. The Bertz CT molecular complexity index is 1890. The van der Waals surface area contributed by atoms with Crippen molar-refractivity contribution in [2.75, 3.05) is 57.7 Å². The summed E-state index contributed by atoms with van der Waals surface area (Å²) < 4.78 is 173. The zero-order valence-corrected chi connectivity index (χ0v) is 38.0. The third-order valence-corrected chi connectivity index (χ3v) is 16.3. The third kappa shape index (κ3) is 11.3. The van der Waals surface area contributed by atoms with E-state index in [0.717, 1.165) is 80.9 Å². The lowest BCUT2D eigenvalue weighted by molar-refractivity contribution is -0.457. The summed E-state index contributed by atoms with van der Waals surface area (Å²) in [7, 11) is 3.43. The molecule has 66 heavy (non-hydrogen) atoms. The van der Waals surface area contributed by atoms with Gasteiger partial charge in [-0.1, -0.05) is 34.6 Å². The fourth-order valence-corrected chi connectivity index (χ4v) is 13.0. The summed E-state index contributed by atoms with van der Waals surface area (Å²) in [6, 6.07) is 9.96. The molecule has 2 saturated heterocycles. The van der Waals surface area contributed by atoms with Crippen molar-refractivity contribution in [1.29, 1.82) is 0 Å². The molecular weight excluding hydrogens is 937 g/mol. The number of nitrogens with zero attached hydrogens (tertiary/aromatic N) is 1. The minimum Gasteiger partial charge on any atom is -0.490 e. The second-order valence-corrected chi connectivity index (χ2v) is 20.3. The van der Waals surface area contributed by atoms with Gasteiger partial charge in [-0.2, -0.15) is 39.5 Å². The van der Waals surface area contributed by atoms with Crippen molar-refractivity contribution in [1.82, 2.24) is 4.90 Å². The molecule has 0 bridgehead atoms. The Morgan fingerprint density at radius 2 is 1.53 bits per heavy atom. The molecule has 2 saturated carbocycles. The summed E-state index contributed by atoms with van der Waals surface area (Å²) in [5.41, 5.74) is -4.23. The molecule has 1 amide bonds. The number of rotatable bonds is 17. The molecule has 7 atom stereocenters. The first-order chi connectivity index (χ1) is 31.3. The number of hydrogen-bond donors (Lipinski definition) is 0. The Morgan fingerprint density at radius 3 is 2.20 bits per heavy atom. The first-order valence-corrected chi connectivity index (χ1v) is 24.9. The maximum atomic E-state index is 15.2. The standard InChI is InChI=1S/C45H55F10NO8S2/c1-41-16-14-33-32-10-7-30(25-28(32)6-9-34(33)35(41)11-13-38(41)60-19-4-20-63-42(43(47,48)49,44(50,51)52)45(53,54)55)58-22-23-59-31-8-12-37(36(46)26-31)64-40(57)56(29-15-24-65-66-27-29)17-21-62-39-5-2-3-18-61-39/h7-8,10,12,25-26,29,33-35,38-39H,2-6,9,11,13-24,27H2,1H3/t29?,33-,34?,35+,38+,39?,41+/m1/s1. The zero-order chi connectivity index (χ0) is 47.3. The van der Waals surface area contributed by atoms with Crippen molar-refractivity contribution in [2.24, 2.45) is 17.3 Å². The molecule has 0 spiro atoms. The zero-order valence-electron chi connectivity index (χ0n) is 36.4. The van der Waals surface area contributed by atoms with Crippen LogP contribution in [0.25, 0.3) is 0 Å². The van der Waals surface area contributed by atoms with E-state index in [4.69, 9.17) is 28.4 Å². The Balaban J connectivity index is 0.856. The molecule has 21 heteroatoms. The van der Waals surface area contributed by atoms with Gasteiger partial charge in [-0.05, 0) is 129 Å². The summed E-state index contributed by atoms with van der Waals surface area (Å²) in [5, 5.41) is 0. The molecule has 0 radical (unpaired) electrons. The summed E-state index contributed by atoms with van der Waals surface area (Å²) in [5.74, 6) is 2.34. The maximum absolute atomic E-state index is 15.2. The van der Waals surface area contributed by atoms with Gasteiger partial charge in [0.25, 0.3) is 0 Å². The molecule has 3 unspecified atom stereocenters. The van der Waals surface area contributed by atoms with Gasteiger partial charge in [0, 0.05) is 43.4 Å². The lowest BCUT2D eigenvalue weighted by Crippen LogP contribution is -2.67. The number of halogens is 10. The number of alkyl halides is 9. The molecule has 2 aromatic rings. The molecule has 2 aromatic carbocycles. The van der Waals surface area contributed by atoms with Crippen LogP contribution in [0, 0.1) is 23.1 Å². The molecule has 2 heterocycles. The predicted molar refractivity (Wildman–Crippen MR) is 225 cm³/mol. The molecular formula is C45H55F10NO8S2. The van der Waals surface area contributed by atoms with E-state index in [0.29, 0.717) is 24.7 Å². The lowest BCUT2D eigenvalue weighted by Gasteiger charge is -2.50. The van der Waals surface area contributed by atoms with Crippen LogP contribution in [-0.4, -0.2) is 111 Å². The smallest absolute Gasteiger partial charge is 0.435 e. The van der Waals surface area contributed by atoms with Crippen LogP contribution < -0.4 is 14.2 Å². The Kier molecular flexibility index (Phi) is 16.6. The van der Waals surface area contributed by atoms with Crippen LogP contribution in [0.3, 0.4) is 0 Å². The van der Waals surface area contributed by atoms with E-state index in [1.807, 2.05) is 12.1 Å². The quantitative estimate of drug-likeness (QED) is 0.0868. The number of carbonyl (C=O) groups excluding carboxylic acids is 1. The monoisotopic (exact) mass is 991 g/mol. The van der Waals surface area contributed by atoms with Crippen LogP contribution in [0.5, 0.6) is 17.2 Å². The number of hydrogen-bond acceptors (Lipinski definition) is 10. The summed E-state index contributed by atoms with van der Waals surface area (Å²) in [6.07, 6.45) is -13.9. The van der Waals surface area contributed by atoms with E-state index in [-0.39, 0.29) is 80.2 Å². The van der Waals surface area contributed by atoms with Gasteiger partial charge in [0.1, 0.15) is 24.7 Å². The Hall–Kier alpha value is -2.85. The highest BCUT2D eigenvalue weighted by atomic mass is 33.1. The first-order valence-electron chi connectivity index (χ1n) is 22.4. The van der Waals surface area contributed by atoms with Crippen LogP contribution in [0.15, 0.2) is 36.4 Å². The van der Waals surface area contributed by atoms with E-state index in [9.17, 15) is 44.3 Å². The van der Waals surface area contributed by atoms with Crippen LogP contribution >= 0.6 is 21.6 Å². The molecule has 370 valence electrons. The van der Waals surface area contributed by atoms with Gasteiger partial charge in [-0.25, -0.2) is 9.18 Å². The topological polar surface area (TPSA) is 84.9 Å². The summed E-state index contributed by atoms with van der Waals surface area (Å²) in [4.78, 5) is 15.0. The van der Waals surface area contributed by atoms with Gasteiger partial charge in [-0.3, -0.25) is 0 Å². The Labute approximate surface area is 385 Å². The van der Waals surface area contributed by atoms with E-state index < -0.39 is 49.1 Å². The van der Waals surface area contributed by atoms with E-state index in [1.165, 1.54) is 17.7 Å². The van der Waals surface area contributed by atoms with Gasteiger partial charge in [-0.15, -0.1) is 0 Å². The molecule has 5 aliphatic rings. The summed E-state index contributed by atoms with van der Waals surface area (Å²) in [6.45, 7) is 1.77. The van der Waals surface area contributed by atoms with E-state index in [2.05, 4.69) is 17.7 Å². The van der Waals surface area contributed by atoms with Crippen LogP contribution in [0.1, 0.15) is 88.2 Å². The fourth-order valence-electron chi connectivity index (χ4n) is 10.5.